The minimum Gasteiger partial charge on any atom is -0.481 e. The van der Waals surface area contributed by atoms with Crippen LogP contribution in [0, 0.1) is 5.92 Å². The second kappa shape index (κ2) is 5.66. The summed E-state index contributed by atoms with van der Waals surface area (Å²) in [5.74, 6) is -1.50. The third-order valence-corrected chi connectivity index (χ3v) is 3.56. The number of carbonyl (C=O) groups is 1. The van der Waals surface area contributed by atoms with Crippen LogP contribution in [0.2, 0.25) is 5.02 Å². The lowest BCUT2D eigenvalue weighted by molar-refractivity contribution is -0.142. The summed E-state index contributed by atoms with van der Waals surface area (Å²) in [5.41, 5.74) is 0.626. The molecule has 2 atom stereocenters. The van der Waals surface area contributed by atoms with Crippen molar-refractivity contribution in [2.24, 2.45) is 5.92 Å². The zero-order valence-electron chi connectivity index (χ0n) is 8.65. The summed E-state index contributed by atoms with van der Waals surface area (Å²) in [6.45, 7) is 1.56. The molecule has 1 rings (SSSR count). The van der Waals surface area contributed by atoms with Gasteiger partial charge in [-0.15, -0.1) is 0 Å². The molecule has 1 aromatic carbocycles. The van der Waals surface area contributed by atoms with Crippen LogP contribution in [0.4, 0.5) is 0 Å². The Kier molecular flexibility index (Phi) is 4.77. The lowest BCUT2D eigenvalue weighted by Crippen LogP contribution is -2.13. The fourth-order valence-electron chi connectivity index (χ4n) is 1.29. The molecular formula is C11H12BrClO3. The first-order valence-electron chi connectivity index (χ1n) is 4.77. The van der Waals surface area contributed by atoms with E-state index in [1.807, 2.05) is 0 Å². The highest BCUT2D eigenvalue weighted by Gasteiger charge is 2.18. The third kappa shape index (κ3) is 3.47. The summed E-state index contributed by atoms with van der Waals surface area (Å²) in [6, 6.07) is 5.08. The molecule has 0 radical (unpaired) electrons. The van der Waals surface area contributed by atoms with Gasteiger partial charge in [0.2, 0.25) is 0 Å². The van der Waals surface area contributed by atoms with E-state index in [1.165, 1.54) is 0 Å². The normalized spacial score (nSPS) is 14.5. The first-order valence-corrected chi connectivity index (χ1v) is 5.94. The van der Waals surface area contributed by atoms with E-state index < -0.39 is 18.0 Å². The Hall–Kier alpha value is -0.580. The molecule has 3 nitrogen and oxygen atoms in total. The molecule has 2 unspecified atom stereocenters. The Morgan fingerprint density at radius 1 is 1.56 bits per heavy atom. The van der Waals surface area contributed by atoms with Gasteiger partial charge in [0.05, 0.1) is 17.0 Å². The lowest BCUT2D eigenvalue weighted by Gasteiger charge is -2.14. The SMILES string of the molecule is CC(CC(O)c1ccc(Br)c(Cl)c1)C(=O)O. The number of hydrogen-bond donors (Lipinski definition) is 2. The molecule has 0 bridgehead atoms. The Balaban J connectivity index is 2.76. The lowest BCUT2D eigenvalue weighted by atomic mass is 9.98. The highest BCUT2D eigenvalue weighted by Crippen LogP contribution is 2.28. The van der Waals surface area contributed by atoms with Crippen LogP contribution in [0.25, 0.3) is 0 Å². The van der Waals surface area contributed by atoms with Crippen LogP contribution in [0.1, 0.15) is 25.0 Å². The fourth-order valence-corrected chi connectivity index (χ4v) is 1.73. The topological polar surface area (TPSA) is 57.5 Å². The number of carboxylic acids is 1. The number of aliphatic hydroxyl groups is 1. The molecule has 0 amide bonds. The molecule has 1 aromatic rings. The van der Waals surface area contributed by atoms with E-state index in [0.717, 1.165) is 4.47 Å². The predicted octanol–water partition coefficient (Wildman–Crippen LogP) is 3.25. The Morgan fingerprint density at radius 3 is 2.69 bits per heavy atom. The van der Waals surface area contributed by atoms with Crippen molar-refractivity contribution in [3.8, 4) is 0 Å². The van der Waals surface area contributed by atoms with E-state index in [0.29, 0.717) is 10.6 Å². The van der Waals surface area contributed by atoms with Gasteiger partial charge in [-0.1, -0.05) is 24.6 Å². The third-order valence-electron chi connectivity index (χ3n) is 2.33. The molecule has 88 valence electrons. The number of hydrogen-bond acceptors (Lipinski definition) is 2. The van der Waals surface area contributed by atoms with E-state index in [2.05, 4.69) is 15.9 Å². The van der Waals surface area contributed by atoms with Crippen molar-refractivity contribution in [3.05, 3.63) is 33.3 Å². The van der Waals surface area contributed by atoms with Gasteiger partial charge >= 0.3 is 5.97 Å². The second-order valence-corrected chi connectivity index (χ2v) is 4.93. The molecule has 0 aromatic heterocycles. The number of carboxylic acid groups (broad SMARTS) is 1. The number of rotatable bonds is 4. The smallest absolute Gasteiger partial charge is 0.306 e. The van der Waals surface area contributed by atoms with Crippen LogP contribution in [0.15, 0.2) is 22.7 Å². The van der Waals surface area contributed by atoms with Gasteiger partial charge in [-0.25, -0.2) is 0 Å². The number of aliphatic hydroxyl groups excluding tert-OH is 1. The van der Waals surface area contributed by atoms with Gasteiger partial charge in [-0.05, 0) is 40.0 Å². The maximum atomic E-state index is 10.6. The molecule has 0 spiro atoms. The Labute approximate surface area is 107 Å². The van der Waals surface area contributed by atoms with E-state index in [9.17, 15) is 9.90 Å². The molecule has 0 saturated heterocycles. The van der Waals surface area contributed by atoms with Gasteiger partial charge in [0.1, 0.15) is 0 Å². The zero-order valence-corrected chi connectivity index (χ0v) is 11.0. The van der Waals surface area contributed by atoms with Gasteiger partial charge < -0.3 is 10.2 Å². The number of aliphatic carboxylic acids is 1. The summed E-state index contributed by atoms with van der Waals surface area (Å²) < 4.78 is 0.747. The maximum absolute atomic E-state index is 10.6. The number of benzene rings is 1. The van der Waals surface area contributed by atoms with Crippen LogP contribution in [0.5, 0.6) is 0 Å². The van der Waals surface area contributed by atoms with Crippen molar-refractivity contribution in [3.63, 3.8) is 0 Å². The van der Waals surface area contributed by atoms with Crippen molar-refractivity contribution in [2.45, 2.75) is 19.4 Å². The summed E-state index contributed by atoms with van der Waals surface area (Å²) >= 11 is 9.13. The molecule has 0 heterocycles. The van der Waals surface area contributed by atoms with Crippen molar-refractivity contribution >= 4 is 33.5 Å². The highest BCUT2D eigenvalue weighted by atomic mass is 79.9. The molecule has 0 aliphatic carbocycles. The van der Waals surface area contributed by atoms with Crippen LogP contribution >= 0.6 is 27.5 Å². The quantitative estimate of drug-likeness (QED) is 0.898. The second-order valence-electron chi connectivity index (χ2n) is 3.66. The molecule has 0 aliphatic heterocycles. The zero-order chi connectivity index (χ0) is 12.3. The molecule has 16 heavy (non-hydrogen) atoms. The van der Waals surface area contributed by atoms with Crippen LogP contribution in [-0.4, -0.2) is 16.2 Å². The van der Waals surface area contributed by atoms with Gasteiger partial charge in [0, 0.05) is 4.47 Å². The molecular weight excluding hydrogens is 295 g/mol. The van der Waals surface area contributed by atoms with Crippen molar-refractivity contribution in [1.82, 2.24) is 0 Å². The average molecular weight is 308 g/mol. The van der Waals surface area contributed by atoms with E-state index in [-0.39, 0.29) is 6.42 Å². The van der Waals surface area contributed by atoms with E-state index in [4.69, 9.17) is 16.7 Å². The monoisotopic (exact) mass is 306 g/mol. The van der Waals surface area contributed by atoms with Gasteiger partial charge in [-0.2, -0.15) is 0 Å². The van der Waals surface area contributed by atoms with Crippen molar-refractivity contribution in [1.29, 1.82) is 0 Å². The predicted molar refractivity (Wildman–Crippen MR) is 65.5 cm³/mol. The van der Waals surface area contributed by atoms with Gasteiger partial charge in [0.15, 0.2) is 0 Å². The molecule has 0 saturated carbocycles. The van der Waals surface area contributed by atoms with Crippen molar-refractivity contribution in [2.75, 3.05) is 0 Å². The maximum Gasteiger partial charge on any atom is 0.306 e. The largest absolute Gasteiger partial charge is 0.481 e. The Bertz CT molecular complexity index is 395. The highest BCUT2D eigenvalue weighted by molar-refractivity contribution is 9.10. The summed E-state index contributed by atoms with van der Waals surface area (Å²) in [7, 11) is 0. The van der Waals surface area contributed by atoms with Crippen LogP contribution in [0.3, 0.4) is 0 Å². The van der Waals surface area contributed by atoms with E-state index in [1.54, 1.807) is 25.1 Å². The minimum absolute atomic E-state index is 0.174. The molecule has 0 fully saturated rings. The summed E-state index contributed by atoms with van der Waals surface area (Å²) in [4.78, 5) is 10.6. The fraction of sp³-hybridized carbons (Fsp3) is 0.364. The summed E-state index contributed by atoms with van der Waals surface area (Å²) in [6.07, 6.45) is -0.635. The van der Waals surface area contributed by atoms with Gasteiger partial charge in [-0.3, -0.25) is 4.79 Å². The molecule has 5 heteroatoms. The molecule has 0 aliphatic rings. The van der Waals surface area contributed by atoms with Gasteiger partial charge in [0.25, 0.3) is 0 Å². The van der Waals surface area contributed by atoms with Crippen LogP contribution < -0.4 is 0 Å². The number of halogens is 2. The summed E-state index contributed by atoms with van der Waals surface area (Å²) in [5, 5.41) is 19.0. The minimum atomic E-state index is -0.915. The van der Waals surface area contributed by atoms with Crippen molar-refractivity contribution < 1.29 is 15.0 Å². The first kappa shape index (κ1) is 13.5. The first-order chi connectivity index (χ1) is 7.41. The molecule has 2 N–H and O–H groups in total. The standard InChI is InChI=1S/C11H12BrClO3/c1-6(11(15)16)4-10(14)7-2-3-8(12)9(13)5-7/h2-3,5-6,10,14H,4H2,1H3,(H,15,16). The Morgan fingerprint density at radius 2 is 2.19 bits per heavy atom. The van der Waals surface area contributed by atoms with Crippen LogP contribution in [-0.2, 0) is 4.79 Å². The average Bonchev–Trinajstić information content (AvgIpc) is 2.21. The van der Waals surface area contributed by atoms with E-state index >= 15 is 0 Å².